The van der Waals surface area contributed by atoms with Crippen molar-refractivity contribution >= 4 is 11.6 Å². The Balaban J connectivity index is 2.24. The third kappa shape index (κ3) is 2.99. The molecule has 1 aliphatic rings. The second kappa shape index (κ2) is 5.35. The zero-order valence-electron chi connectivity index (χ0n) is 12.6. The zero-order valence-corrected chi connectivity index (χ0v) is 12.6. The summed E-state index contributed by atoms with van der Waals surface area (Å²) in [6.07, 6.45) is 5.68. The van der Waals surface area contributed by atoms with E-state index < -0.39 is 0 Å². The first-order valence-electron chi connectivity index (χ1n) is 7.33. The predicted octanol–water partition coefficient (Wildman–Crippen LogP) is 3.31. The summed E-state index contributed by atoms with van der Waals surface area (Å²) in [6, 6.07) is 0.481. The van der Waals surface area contributed by atoms with Gasteiger partial charge in [-0.3, -0.25) is 0 Å². The van der Waals surface area contributed by atoms with Crippen LogP contribution in [0.4, 0.5) is 11.6 Å². The van der Waals surface area contributed by atoms with E-state index >= 15 is 0 Å². The first kappa shape index (κ1) is 14.1. The normalized spacial score (nSPS) is 21.6. The second-order valence-electron chi connectivity index (χ2n) is 6.33. The molecule has 1 aromatic rings. The van der Waals surface area contributed by atoms with Gasteiger partial charge in [-0.1, -0.05) is 27.2 Å². The molecule has 106 valence electrons. The Labute approximate surface area is 116 Å². The summed E-state index contributed by atoms with van der Waals surface area (Å²) in [4.78, 5) is 9.01. The van der Waals surface area contributed by atoms with Crippen LogP contribution < -0.4 is 11.1 Å². The molecule has 2 rings (SSSR count). The van der Waals surface area contributed by atoms with Crippen LogP contribution in [0.3, 0.4) is 0 Å². The van der Waals surface area contributed by atoms with Gasteiger partial charge in [0.25, 0.3) is 0 Å². The number of nitrogens with one attached hydrogen (secondary N) is 1. The molecular formula is C15H26N4. The Morgan fingerprint density at radius 3 is 2.68 bits per heavy atom. The van der Waals surface area contributed by atoms with Gasteiger partial charge in [0.1, 0.15) is 17.5 Å². The molecule has 0 radical (unpaired) electrons. The smallest absolute Gasteiger partial charge is 0.135 e. The lowest BCUT2D eigenvalue weighted by Gasteiger charge is -2.29. The van der Waals surface area contributed by atoms with E-state index in [1.165, 1.54) is 19.3 Å². The summed E-state index contributed by atoms with van der Waals surface area (Å²) >= 11 is 0. The summed E-state index contributed by atoms with van der Waals surface area (Å²) in [5.74, 6) is 2.39. The van der Waals surface area contributed by atoms with Gasteiger partial charge in [-0.2, -0.15) is 0 Å². The van der Waals surface area contributed by atoms with Crippen LogP contribution in [0.2, 0.25) is 0 Å². The molecule has 0 bridgehead atoms. The van der Waals surface area contributed by atoms with Gasteiger partial charge in [0, 0.05) is 18.0 Å². The van der Waals surface area contributed by atoms with E-state index in [2.05, 4.69) is 36.1 Å². The number of rotatable bonds is 4. The number of nitrogens with zero attached hydrogens (tertiary/aromatic N) is 2. The van der Waals surface area contributed by atoms with Crippen molar-refractivity contribution in [3.05, 3.63) is 11.4 Å². The Morgan fingerprint density at radius 1 is 1.37 bits per heavy atom. The number of anilines is 2. The lowest BCUT2D eigenvalue weighted by Crippen LogP contribution is -2.31. The lowest BCUT2D eigenvalue weighted by atomic mass is 9.87. The number of hydrogen-bond acceptors (Lipinski definition) is 4. The number of aromatic nitrogens is 2. The van der Waals surface area contributed by atoms with Crippen molar-refractivity contribution < 1.29 is 0 Å². The Bertz CT molecular complexity index is 454. The maximum atomic E-state index is 6.00. The Hall–Kier alpha value is -1.32. The van der Waals surface area contributed by atoms with Gasteiger partial charge in [-0.25, -0.2) is 9.97 Å². The number of hydrogen-bond donors (Lipinski definition) is 2. The molecule has 1 atom stereocenters. The number of nitrogen functional groups attached to an aromatic ring is 1. The van der Waals surface area contributed by atoms with Gasteiger partial charge in [0.15, 0.2) is 0 Å². The molecule has 4 nitrogen and oxygen atoms in total. The van der Waals surface area contributed by atoms with E-state index in [0.717, 1.165) is 30.0 Å². The molecule has 4 heteroatoms. The standard InChI is InChI=1S/C15H26N4/c1-5-7-12-18-13(16)10(2)14(19-12)17-11-8-6-9-15(11,3)4/h11H,5-9H2,1-4H3,(H3,16,17,18,19). The molecule has 0 aromatic carbocycles. The SMILES string of the molecule is CCCc1nc(N)c(C)c(NC2CCCC2(C)C)n1. The van der Waals surface area contributed by atoms with Crippen LogP contribution >= 0.6 is 0 Å². The highest BCUT2D eigenvalue weighted by molar-refractivity contribution is 5.55. The third-order valence-electron chi connectivity index (χ3n) is 4.27. The molecule has 19 heavy (non-hydrogen) atoms. The van der Waals surface area contributed by atoms with Crippen LogP contribution in [0.5, 0.6) is 0 Å². The van der Waals surface area contributed by atoms with Crippen molar-refractivity contribution in [1.82, 2.24) is 9.97 Å². The van der Waals surface area contributed by atoms with Gasteiger partial charge >= 0.3 is 0 Å². The minimum atomic E-state index is 0.330. The van der Waals surface area contributed by atoms with Crippen LogP contribution in [0, 0.1) is 12.3 Å². The van der Waals surface area contributed by atoms with Crippen molar-refractivity contribution in [3.8, 4) is 0 Å². The van der Waals surface area contributed by atoms with Crippen LogP contribution in [0.1, 0.15) is 57.8 Å². The molecule has 1 unspecified atom stereocenters. The average Bonchev–Trinajstić information content (AvgIpc) is 2.65. The summed E-state index contributed by atoms with van der Waals surface area (Å²) < 4.78 is 0. The molecule has 1 aromatic heterocycles. The van der Waals surface area contributed by atoms with E-state index in [0.29, 0.717) is 17.3 Å². The molecule has 0 spiro atoms. The monoisotopic (exact) mass is 262 g/mol. The highest BCUT2D eigenvalue weighted by Crippen LogP contribution is 2.39. The fraction of sp³-hybridized carbons (Fsp3) is 0.733. The van der Waals surface area contributed by atoms with Crippen molar-refractivity contribution in [2.75, 3.05) is 11.1 Å². The highest BCUT2D eigenvalue weighted by atomic mass is 15.1. The average molecular weight is 262 g/mol. The largest absolute Gasteiger partial charge is 0.383 e. The molecule has 1 aliphatic carbocycles. The van der Waals surface area contributed by atoms with Crippen molar-refractivity contribution in [3.63, 3.8) is 0 Å². The van der Waals surface area contributed by atoms with E-state index in [-0.39, 0.29) is 0 Å². The fourth-order valence-electron chi connectivity index (χ4n) is 2.82. The third-order valence-corrected chi connectivity index (χ3v) is 4.27. The molecule has 0 aliphatic heterocycles. The molecule has 0 amide bonds. The zero-order chi connectivity index (χ0) is 14.0. The van der Waals surface area contributed by atoms with Gasteiger partial charge in [0.05, 0.1) is 0 Å². The van der Waals surface area contributed by atoms with Gasteiger partial charge < -0.3 is 11.1 Å². The summed E-state index contributed by atoms with van der Waals surface area (Å²) in [7, 11) is 0. The molecule has 3 N–H and O–H groups in total. The van der Waals surface area contributed by atoms with Crippen LogP contribution in [0.15, 0.2) is 0 Å². The molecular weight excluding hydrogens is 236 g/mol. The van der Waals surface area contributed by atoms with Gasteiger partial charge in [-0.05, 0) is 31.6 Å². The van der Waals surface area contributed by atoms with E-state index in [1.807, 2.05) is 6.92 Å². The quantitative estimate of drug-likeness (QED) is 0.873. The molecule has 1 heterocycles. The second-order valence-corrected chi connectivity index (χ2v) is 6.33. The van der Waals surface area contributed by atoms with Crippen LogP contribution in [-0.2, 0) is 6.42 Å². The van der Waals surface area contributed by atoms with Gasteiger partial charge in [-0.15, -0.1) is 0 Å². The first-order valence-corrected chi connectivity index (χ1v) is 7.33. The maximum absolute atomic E-state index is 6.00. The van der Waals surface area contributed by atoms with Crippen molar-refractivity contribution in [2.24, 2.45) is 5.41 Å². The van der Waals surface area contributed by atoms with E-state index in [1.54, 1.807) is 0 Å². The highest BCUT2D eigenvalue weighted by Gasteiger charge is 2.34. The summed E-state index contributed by atoms with van der Waals surface area (Å²) in [6.45, 7) is 8.77. The molecule has 1 fully saturated rings. The van der Waals surface area contributed by atoms with Gasteiger partial charge in [0.2, 0.25) is 0 Å². The van der Waals surface area contributed by atoms with E-state index in [9.17, 15) is 0 Å². The minimum Gasteiger partial charge on any atom is -0.383 e. The maximum Gasteiger partial charge on any atom is 0.135 e. The number of aryl methyl sites for hydroxylation is 1. The van der Waals surface area contributed by atoms with Crippen molar-refractivity contribution in [1.29, 1.82) is 0 Å². The molecule has 1 saturated carbocycles. The van der Waals surface area contributed by atoms with Crippen molar-refractivity contribution in [2.45, 2.75) is 65.8 Å². The fourth-order valence-corrected chi connectivity index (χ4v) is 2.82. The minimum absolute atomic E-state index is 0.330. The molecule has 0 saturated heterocycles. The summed E-state index contributed by atoms with van der Waals surface area (Å²) in [5, 5.41) is 3.61. The topological polar surface area (TPSA) is 63.8 Å². The first-order chi connectivity index (χ1) is 8.94. The number of nitrogens with two attached hydrogens (primary N) is 1. The Morgan fingerprint density at radius 2 is 2.11 bits per heavy atom. The van der Waals surface area contributed by atoms with Crippen LogP contribution in [-0.4, -0.2) is 16.0 Å². The van der Waals surface area contributed by atoms with E-state index in [4.69, 9.17) is 5.73 Å². The predicted molar refractivity (Wildman–Crippen MR) is 80.2 cm³/mol. The summed E-state index contributed by atoms with van der Waals surface area (Å²) in [5.41, 5.74) is 7.31. The lowest BCUT2D eigenvalue weighted by molar-refractivity contribution is 0.349. The Kier molecular flexibility index (Phi) is 3.97. The van der Waals surface area contributed by atoms with Crippen LogP contribution in [0.25, 0.3) is 0 Å².